The first-order chi connectivity index (χ1) is 7.91. The molecule has 0 saturated heterocycles. The van der Waals surface area contributed by atoms with Gasteiger partial charge in [0.05, 0.1) is 5.57 Å². The summed E-state index contributed by atoms with van der Waals surface area (Å²) in [5.41, 5.74) is -0.727. The van der Waals surface area contributed by atoms with E-state index in [1.54, 1.807) is 0 Å². The van der Waals surface area contributed by atoms with Gasteiger partial charge in [0.15, 0.2) is 0 Å². The van der Waals surface area contributed by atoms with Crippen molar-refractivity contribution in [3.63, 3.8) is 0 Å². The van der Waals surface area contributed by atoms with Crippen LogP contribution in [0.5, 0.6) is 0 Å². The van der Waals surface area contributed by atoms with Crippen molar-refractivity contribution in [2.75, 3.05) is 0 Å². The van der Waals surface area contributed by atoms with Gasteiger partial charge in [0.2, 0.25) is 6.10 Å². The second kappa shape index (κ2) is 4.92. The average Bonchev–Trinajstić information content (AvgIpc) is 2.33. The number of hydrogen-bond acceptors (Lipinski definition) is 7. The zero-order chi connectivity index (χ0) is 13.0. The maximum atomic E-state index is 11.2. The predicted octanol–water partition coefficient (Wildman–Crippen LogP) is -0.890. The molecule has 0 saturated carbocycles. The first kappa shape index (κ1) is 12.4. The van der Waals surface area contributed by atoms with E-state index in [1.807, 2.05) is 0 Å². The topological polar surface area (TPSA) is 116 Å². The number of aliphatic carboxylic acids is 1. The summed E-state index contributed by atoms with van der Waals surface area (Å²) in [4.78, 5) is 51.5. The van der Waals surface area contributed by atoms with Crippen molar-refractivity contribution in [2.45, 2.75) is 6.10 Å². The maximum absolute atomic E-state index is 11.2. The van der Waals surface area contributed by atoms with Crippen molar-refractivity contribution in [3.05, 3.63) is 24.3 Å². The van der Waals surface area contributed by atoms with Gasteiger partial charge in [-0.25, -0.2) is 29.0 Å². The molecule has 0 radical (unpaired) electrons. The molecule has 8 nitrogen and oxygen atoms in total. The SMILES string of the molecule is C=C(C(=O)O)C1OC(=O)/C=C\C(=O)OOC1=O. The summed E-state index contributed by atoms with van der Waals surface area (Å²) in [7, 11) is 0. The Kier molecular flexibility index (Phi) is 3.60. The third-order valence-corrected chi connectivity index (χ3v) is 1.60. The second-order valence-corrected chi connectivity index (χ2v) is 2.79. The summed E-state index contributed by atoms with van der Waals surface area (Å²) in [5, 5.41) is 8.60. The standard InChI is InChI=1S/C9H6O8/c1-4(8(12)13)7-9(14)17-16-6(11)3-2-5(10)15-7/h2-3,7H,1H2,(H,12,13)/b3-2-. The van der Waals surface area contributed by atoms with E-state index in [2.05, 4.69) is 21.1 Å². The monoisotopic (exact) mass is 242 g/mol. The first-order valence-electron chi connectivity index (χ1n) is 4.15. The van der Waals surface area contributed by atoms with Crippen LogP contribution < -0.4 is 0 Å². The van der Waals surface area contributed by atoms with Crippen LogP contribution in [-0.2, 0) is 33.7 Å². The van der Waals surface area contributed by atoms with Gasteiger partial charge < -0.3 is 9.84 Å². The molecule has 0 amide bonds. The predicted molar refractivity (Wildman–Crippen MR) is 48.0 cm³/mol. The molecule has 1 aliphatic rings. The minimum absolute atomic E-state index is 0.654. The summed E-state index contributed by atoms with van der Waals surface area (Å²) in [6.45, 7) is 3.04. The Balaban J connectivity index is 2.96. The molecule has 0 aromatic rings. The molecule has 90 valence electrons. The molecule has 0 aromatic carbocycles. The van der Waals surface area contributed by atoms with Gasteiger partial charge in [-0.1, -0.05) is 6.58 Å². The van der Waals surface area contributed by atoms with Crippen LogP contribution in [0.1, 0.15) is 0 Å². The van der Waals surface area contributed by atoms with Crippen LogP contribution >= 0.6 is 0 Å². The third kappa shape index (κ3) is 3.16. The minimum Gasteiger partial charge on any atom is -0.478 e. The minimum atomic E-state index is -1.88. The van der Waals surface area contributed by atoms with Crippen LogP contribution in [0, 0.1) is 0 Å². The Hall–Kier alpha value is -2.64. The number of carboxylic acids is 1. The number of hydrogen-bond donors (Lipinski definition) is 1. The Bertz CT molecular complexity index is 432. The molecule has 0 bridgehead atoms. The molecule has 0 fully saturated rings. The van der Waals surface area contributed by atoms with E-state index >= 15 is 0 Å². The fourth-order valence-electron chi connectivity index (χ4n) is 0.819. The Morgan fingerprint density at radius 2 is 1.76 bits per heavy atom. The van der Waals surface area contributed by atoms with E-state index in [0.717, 1.165) is 0 Å². The molecule has 1 N–H and O–H groups in total. The number of rotatable bonds is 2. The number of carboxylic acid groups (broad SMARTS) is 1. The lowest BCUT2D eigenvalue weighted by atomic mass is 10.2. The lowest BCUT2D eigenvalue weighted by Crippen LogP contribution is -2.32. The maximum Gasteiger partial charge on any atom is 0.400 e. The van der Waals surface area contributed by atoms with Gasteiger partial charge in [-0.2, -0.15) is 0 Å². The molecule has 0 spiro atoms. The third-order valence-electron chi connectivity index (χ3n) is 1.60. The van der Waals surface area contributed by atoms with E-state index in [9.17, 15) is 19.2 Å². The molecule has 0 aliphatic carbocycles. The van der Waals surface area contributed by atoms with Crippen LogP contribution in [0.2, 0.25) is 0 Å². The summed E-state index contributed by atoms with van der Waals surface area (Å²) >= 11 is 0. The molecule has 1 atom stereocenters. The average molecular weight is 242 g/mol. The molecule has 1 unspecified atom stereocenters. The number of esters is 1. The Morgan fingerprint density at radius 1 is 1.18 bits per heavy atom. The molecule has 1 heterocycles. The normalized spacial score (nSPS) is 22.1. The number of cyclic esters (lactones) is 1. The van der Waals surface area contributed by atoms with Crippen LogP contribution in [0.3, 0.4) is 0 Å². The van der Waals surface area contributed by atoms with Crippen LogP contribution in [0.15, 0.2) is 24.3 Å². The van der Waals surface area contributed by atoms with Crippen molar-refractivity contribution < 1.29 is 38.8 Å². The fourth-order valence-corrected chi connectivity index (χ4v) is 0.819. The largest absolute Gasteiger partial charge is 0.478 e. The highest BCUT2D eigenvalue weighted by atomic mass is 17.2. The number of carbonyl (C=O) groups is 4. The second-order valence-electron chi connectivity index (χ2n) is 2.79. The van der Waals surface area contributed by atoms with Gasteiger partial charge in [-0.15, -0.1) is 0 Å². The van der Waals surface area contributed by atoms with Gasteiger partial charge in [0.1, 0.15) is 0 Å². The van der Waals surface area contributed by atoms with Gasteiger partial charge in [-0.05, 0) is 0 Å². The van der Waals surface area contributed by atoms with Crippen molar-refractivity contribution in [3.8, 4) is 0 Å². The highest BCUT2D eigenvalue weighted by Crippen LogP contribution is 2.10. The highest BCUT2D eigenvalue weighted by molar-refractivity contribution is 5.99. The highest BCUT2D eigenvalue weighted by Gasteiger charge is 2.33. The number of ether oxygens (including phenoxy) is 1. The lowest BCUT2D eigenvalue weighted by Gasteiger charge is -2.12. The van der Waals surface area contributed by atoms with Gasteiger partial charge in [0.25, 0.3) is 0 Å². The van der Waals surface area contributed by atoms with Crippen molar-refractivity contribution >= 4 is 23.9 Å². The van der Waals surface area contributed by atoms with Crippen LogP contribution in [0.25, 0.3) is 0 Å². The van der Waals surface area contributed by atoms with E-state index in [4.69, 9.17) is 5.11 Å². The van der Waals surface area contributed by atoms with E-state index in [-0.39, 0.29) is 0 Å². The Morgan fingerprint density at radius 3 is 2.35 bits per heavy atom. The van der Waals surface area contributed by atoms with Crippen LogP contribution in [-0.4, -0.2) is 35.1 Å². The van der Waals surface area contributed by atoms with Gasteiger partial charge >= 0.3 is 23.9 Å². The molecule has 17 heavy (non-hydrogen) atoms. The molecule has 1 aliphatic heterocycles. The van der Waals surface area contributed by atoms with Crippen molar-refractivity contribution in [1.82, 2.24) is 0 Å². The van der Waals surface area contributed by atoms with Crippen molar-refractivity contribution in [2.24, 2.45) is 0 Å². The van der Waals surface area contributed by atoms with Crippen molar-refractivity contribution in [1.29, 1.82) is 0 Å². The quantitative estimate of drug-likeness (QED) is 0.376. The smallest absolute Gasteiger partial charge is 0.400 e. The summed E-state index contributed by atoms with van der Waals surface area (Å²) < 4.78 is 4.44. The lowest BCUT2D eigenvalue weighted by molar-refractivity contribution is -0.259. The number of carbonyl (C=O) groups excluding carboxylic acids is 3. The first-order valence-corrected chi connectivity index (χ1v) is 4.15. The summed E-state index contributed by atoms with van der Waals surface area (Å²) in [6.07, 6.45) is -0.566. The van der Waals surface area contributed by atoms with Gasteiger partial charge in [0, 0.05) is 12.2 Å². The zero-order valence-corrected chi connectivity index (χ0v) is 8.24. The molecular formula is C9H6O8. The molecular weight excluding hydrogens is 236 g/mol. The summed E-state index contributed by atoms with van der Waals surface area (Å²) in [6, 6.07) is 0. The van der Waals surface area contributed by atoms with Crippen LogP contribution in [0.4, 0.5) is 0 Å². The van der Waals surface area contributed by atoms with E-state index < -0.39 is 35.6 Å². The fraction of sp³-hybridized carbons (Fsp3) is 0.111. The van der Waals surface area contributed by atoms with E-state index in [1.165, 1.54) is 0 Å². The summed E-state index contributed by atoms with van der Waals surface area (Å²) in [5.74, 6) is -5.15. The van der Waals surface area contributed by atoms with E-state index in [0.29, 0.717) is 12.2 Å². The molecule has 0 aromatic heterocycles. The molecule has 8 heteroatoms. The van der Waals surface area contributed by atoms with Gasteiger partial charge in [-0.3, -0.25) is 0 Å². The zero-order valence-electron chi connectivity index (χ0n) is 8.24. The Labute approximate surface area is 94.0 Å². The molecule has 1 rings (SSSR count).